The molecule has 146 valence electrons. The number of hydrogen-bond donors (Lipinski definition) is 3. The lowest BCUT2D eigenvalue weighted by molar-refractivity contribution is -0.121. The SMILES string of the molecule is CCNC(=NCCOCCC(C)C)NCCC(=O)NC1CCCCC1. The Morgan fingerprint density at radius 1 is 1.16 bits per heavy atom. The molecule has 1 saturated carbocycles. The largest absolute Gasteiger partial charge is 0.380 e. The maximum atomic E-state index is 12.0. The summed E-state index contributed by atoms with van der Waals surface area (Å²) in [4.78, 5) is 16.5. The fraction of sp³-hybridized carbons (Fsp3) is 0.895. The lowest BCUT2D eigenvalue weighted by Crippen LogP contribution is -2.41. The van der Waals surface area contributed by atoms with Gasteiger partial charge in [0.25, 0.3) is 0 Å². The average Bonchev–Trinajstić information content (AvgIpc) is 2.58. The maximum Gasteiger partial charge on any atom is 0.221 e. The van der Waals surface area contributed by atoms with Crippen LogP contribution in [0.15, 0.2) is 4.99 Å². The number of guanidine groups is 1. The van der Waals surface area contributed by atoms with Crippen molar-refractivity contribution < 1.29 is 9.53 Å². The van der Waals surface area contributed by atoms with Crippen LogP contribution in [0.4, 0.5) is 0 Å². The van der Waals surface area contributed by atoms with Gasteiger partial charge in [0.15, 0.2) is 5.96 Å². The minimum atomic E-state index is 0.132. The molecule has 3 N–H and O–H groups in total. The molecule has 0 heterocycles. The lowest BCUT2D eigenvalue weighted by atomic mass is 9.95. The van der Waals surface area contributed by atoms with Crippen LogP contribution in [0.25, 0.3) is 0 Å². The summed E-state index contributed by atoms with van der Waals surface area (Å²) in [6, 6.07) is 0.381. The zero-order valence-electron chi connectivity index (χ0n) is 16.4. The van der Waals surface area contributed by atoms with Gasteiger partial charge in [-0.2, -0.15) is 0 Å². The molecular weight excluding hydrogens is 316 g/mol. The van der Waals surface area contributed by atoms with Crippen molar-refractivity contribution in [2.75, 3.05) is 32.8 Å². The first-order valence-electron chi connectivity index (χ1n) is 10.0. The smallest absolute Gasteiger partial charge is 0.221 e. The predicted molar refractivity (Wildman–Crippen MR) is 104 cm³/mol. The number of nitrogens with zero attached hydrogens (tertiary/aromatic N) is 1. The molecule has 1 amide bonds. The molecule has 0 unspecified atom stereocenters. The van der Waals surface area contributed by atoms with E-state index in [0.29, 0.717) is 38.1 Å². The lowest BCUT2D eigenvalue weighted by Gasteiger charge is -2.22. The summed E-state index contributed by atoms with van der Waals surface area (Å²) in [5.41, 5.74) is 0. The third-order valence-electron chi connectivity index (χ3n) is 4.30. The van der Waals surface area contributed by atoms with Crippen molar-refractivity contribution in [2.45, 2.75) is 71.8 Å². The highest BCUT2D eigenvalue weighted by Gasteiger charge is 2.15. The van der Waals surface area contributed by atoms with Gasteiger partial charge in [-0.25, -0.2) is 0 Å². The summed E-state index contributed by atoms with van der Waals surface area (Å²) in [5.74, 6) is 1.55. The number of aliphatic imine (C=N–C) groups is 1. The number of hydrogen-bond acceptors (Lipinski definition) is 3. The van der Waals surface area contributed by atoms with Gasteiger partial charge in [0.2, 0.25) is 5.91 Å². The summed E-state index contributed by atoms with van der Waals surface area (Å²) in [6.07, 6.45) is 7.58. The van der Waals surface area contributed by atoms with Crippen LogP contribution < -0.4 is 16.0 Å². The van der Waals surface area contributed by atoms with Gasteiger partial charge in [-0.05, 0) is 32.1 Å². The highest BCUT2D eigenvalue weighted by atomic mass is 16.5. The first-order chi connectivity index (χ1) is 12.1. The fourth-order valence-corrected chi connectivity index (χ4v) is 2.83. The first kappa shape index (κ1) is 21.7. The van der Waals surface area contributed by atoms with Crippen LogP contribution in [0.3, 0.4) is 0 Å². The van der Waals surface area contributed by atoms with Gasteiger partial charge >= 0.3 is 0 Å². The molecule has 0 bridgehead atoms. The molecule has 0 atom stereocenters. The zero-order valence-corrected chi connectivity index (χ0v) is 16.4. The van der Waals surface area contributed by atoms with Gasteiger partial charge < -0.3 is 20.7 Å². The molecule has 0 radical (unpaired) electrons. The summed E-state index contributed by atoms with van der Waals surface area (Å²) < 4.78 is 5.57. The predicted octanol–water partition coefficient (Wildman–Crippen LogP) is 2.44. The van der Waals surface area contributed by atoms with Crippen molar-refractivity contribution >= 4 is 11.9 Å². The van der Waals surface area contributed by atoms with E-state index in [0.717, 1.165) is 38.4 Å². The topological polar surface area (TPSA) is 74.8 Å². The minimum Gasteiger partial charge on any atom is -0.380 e. The fourth-order valence-electron chi connectivity index (χ4n) is 2.83. The van der Waals surface area contributed by atoms with E-state index in [-0.39, 0.29) is 5.91 Å². The second-order valence-corrected chi connectivity index (χ2v) is 7.13. The maximum absolute atomic E-state index is 12.0. The summed E-state index contributed by atoms with van der Waals surface area (Å²) in [5, 5.41) is 9.56. The van der Waals surface area contributed by atoms with Crippen LogP contribution >= 0.6 is 0 Å². The normalized spacial score (nSPS) is 16.1. The molecule has 1 aliphatic rings. The molecule has 6 heteroatoms. The van der Waals surface area contributed by atoms with Crippen molar-refractivity contribution in [2.24, 2.45) is 10.9 Å². The molecule has 25 heavy (non-hydrogen) atoms. The molecule has 6 nitrogen and oxygen atoms in total. The monoisotopic (exact) mass is 354 g/mol. The minimum absolute atomic E-state index is 0.132. The van der Waals surface area contributed by atoms with Crippen molar-refractivity contribution in [3.8, 4) is 0 Å². The summed E-state index contributed by atoms with van der Waals surface area (Å²) in [7, 11) is 0. The molecular formula is C19H38N4O2. The molecule has 0 aliphatic heterocycles. The van der Waals surface area contributed by atoms with E-state index in [4.69, 9.17) is 4.74 Å². The van der Waals surface area contributed by atoms with E-state index in [2.05, 4.69) is 34.8 Å². The van der Waals surface area contributed by atoms with Crippen LogP contribution in [0, 0.1) is 5.92 Å². The molecule has 0 aromatic carbocycles. The number of carbonyl (C=O) groups excluding carboxylic acids is 1. The quantitative estimate of drug-likeness (QED) is 0.303. The number of nitrogens with one attached hydrogen (secondary N) is 3. The van der Waals surface area contributed by atoms with Gasteiger partial charge in [-0.1, -0.05) is 33.1 Å². The molecule has 0 aromatic heterocycles. The van der Waals surface area contributed by atoms with E-state index in [1.165, 1.54) is 19.3 Å². The number of carbonyl (C=O) groups is 1. The van der Waals surface area contributed by atoms with Crippen LogP contribution in [0.5, 0.6) is 0 Å². The Morgan fingerprint density at radius 3 is 2.60 bits per heavy atom. The molecule has 0 spiro atoms. The number of ether oxygens (including phenoxy) is 1. The molecule has 1 rings (SSSR count). The van der Waals surface area contributed by atoms with Gasteiger partial charge in [-0.3, -0.25) is 9.79 Å². The van der Waals surface area contributed by atoms with Crippen molar-refractivity contribution in [1.29, 1.82) is 0 Å². The van der Waals surface area contributed by atoms with Crippen LogP contribution in [-0.4, -0.2) is 50.8 Å². The Balaban J connectivity index is 2.15. The average molecular weight is 355 g/mol. The van der Waals surface area contributed by atoms with Gasteiger partial charge in [0.05, 0.1) is 13.2 Å². The second-order valence-electron chi connectivity index (χ2n) is 7.13. The van der Waals surface area contributed by atoms with Crippen LogP contribution in [-0.2, 0) is 9.53 Å². The number of rotatable bonds is 11. The highest BCUT2D eigenvalue weighted by Crippen LogP contribution is 2.17. The Morgan fingerprint density at radius 2 is 1.92 bits per heavy atom. The van der Waals surface area contributed by atoms with Crippen LogP contribution in [0.1, 0.15) is 65.7 Å². The Hall–Kier alpha value is -1.30. The van der Waals surface area contributed by atoms with Gasteiger partial charge in [0, 0.05) is 32.2 Å². The standard InChI is InChI=1S/C19H38N4O2/c1-4-20-19(22-13-15-25-14-11-16(2)3)21-12-10-18(24)23-17-8-6-5-7-9-17/h16-17H,4-15H2,1-3H3,(H,23,24)(H2,20,21,22). The van der Waals surface area contributed by atoms with Crippen molar-refractivity contribution in [1.82, 2.24) is 16.0 Å². The first-order valence-corrected chi connectivity index (χ1v) is 10.0. The Kier molecular flexibility index (Phi) is 12.1. The molecule has 0 aromatic rings. The molecule has 1 fully saturated rings. The van der Waals surface area contributed by atoms with Crippen LogP contribution in [0.2, 0.25) is 0 Å². The van der Waals surface area contributed by atoms with Gasteiger partial charge in [0.1, 0.15) is 0 Å². The van der Waals surface area contributed by atoms with Crippen molar-refractivity contribution in [3.63, 3.8) is 0 Å². The Bertz CT molecular complexity index is 380. The molecule has 0 saturated heterocycles. The zero-order chi connectivity index (χ0) is 18.3. The summed E-state index contributed by atoms with van der Waals surface area (Å²) >= 11 is 0. The third-order valence-corrected chi connectivity index (χ3v) is 4.30. The number of amides is 1. The van der Waals surface area contributed by atoms with E-state index >= 15 is 0 Å². The highest BCUT2D eigenvalue weighted by molar-refractivity contribution is 5.81. The second kappa shape index (κ2) is 13.9. The summed E-state index contributed by atoms with van der Waals surface area (Å²) in [6.45, 7) is 9.86. The van der Waals surface area contributed by atoms with E-state index < -0.39 is 0 Å². The molecule has 1 aliphatic carbocycles. The van der Waals surface area contributed by atoms with E-state index in [9.17, 15) is 4.79 Å². The third kappa shape index (κ3) is 11.8. The van der Waals surface area contributed by atoms with E-state index in [1.807, 2.05) is 6.92 Å². The van der Waals surface area contributed by atoms with E-state index in [1.54, 1.807) is 0 Å². The Labute approximate surface area is 153 Å². The van der Waals surface area contributed by atoms with Gasteiger partial charge in [-0.15, -0.1) is 0 Å². The van der Waals surface area contributed by atoms with Crippen molar-refractivity contribution in [3.05, 3.63) is 0 Å².